The second-order valence-electron chi connectivity index (χ2n) is 6.64. The standard InChI is InChI=1S/C16H31N3O2/c1-3-18-16(15(17)20)9-4-6-13(16)8-10-19(2)12-14-7-5-11-21-14/h13-14,18H,3-12H2,1-2H3,(H2,17,20). The third kappa shape index (κ3) is 3.96. The maximum Gasteiger partial charge on any atom is 0.238 e. The second-order valence-corrected chi connectivity index (χ2v) is 6.64. The van der Waals surface area contributed by atoms with Crippen LogP contribution < -0.4 is 11.1 Å². The predicted molar refractivity (Wildman–Crippen MR) is 84.0 cm³/mol. The number of hydrogen-bond acceptors (Lipinski definition) is 4. The van der Waals surface area contributed by atoms with Gasteiger partial charge in [0.2, 0.25) is 5.91 Å². The maximum atomic E-state index is 12.0. The molecular formula is C16H31N3O2. The molecule has 1 amide bonds. The molecule has 122 valence electrons. The molecule has 3 atom stereocenters. The van der Waals surface area contributed by atoms with Crippen molar-refractivity contribution >= 4 is 5.91 Å². The zero-order valence-corrected chi connectivity index (χ0v) is 13.6. The van der Waals surface area contributed by atoms with Crippen LogP contribution in [0.15, 0.2) is 0 Å². The van der Waals surface area contributed by atoms with Crippen molar-refractivity contribution in [2.24, 2.45) is 11.7 Å². The Morgan fingerprint density at radius 1 is 1.43 bits per heavy atom. The van der Waals surface area contributed by atoms with E-state index in [4.69, 9.17) is 10.5 Å². The van der Waals surface area contributed by atoms with E-state index in [0.717, 1.165) is 51.9 Å². The lowest BCUT2D eigenvalue weighted by atomic mass is 9.83. The van der Waals surface area contributed by atoms with E-state index in [9.17, 15) is 4.79 Å². The molecular weight excluding hydrogens is 266 g/mol. The van der Waals surface area contributed by atoms with Crippen molar-refractivity contribution in [3.63, 3.8) is 0 Å². The van der Waals surface area contributed by atoms with Crippen molar-refractivity contribution in [2.45, 2.75) is 57.1 Å². The molecule has 0 radical (unpaired) electrons. The number of carbonyl (C=O) groups excluding carboxylic acids is 1. The van der Waals surface area contributed by atoms with Gasteiger partial charge in [0.05, 0.1) is 6.10 Å². The molecule has 1 heterocycles. The number of hydrogen-bond donors (Lipinski definition) is 2. The van der Waals surface area contributed by atoms with Crippen molar-refractivity contribution in [1.29, 1.82) is 0 Å². The molecule has 21 heavy (non-hydrogen) atoms. The summed E-state index contributed by atoms with van der Waals surface area (Å²) in [7, 11) is 2.15. The molecule has 3 unspecified atom stereocenters. The van der Waals surface area contributed by atoms with E-state index >= 15 is 0 Å². The van der Waals surface area contributed by atoms with E-state index in [1.807, 2.05) is 6.92 Å². The Labute approximate surface area is 128 Å². The minimum Gasteiger partial charge on any atom is -0.377 e. The first-order chi connectivity index (χ1) is 10.1. The highest BCUT2D eigenvalue weighted by Gasteiger charge is 2.46. The zero-order chi connectivity index (χ0) is 15.3. The average molecular weight is 297 g/mol. The number of nitrogens with two attached hydrogens (primary N) is 1. The molecule has 2 aliphatic rings. The van der Waals surface area contributed by atoms with Gasteiger partial charge < -0.3 is 20.7 Å². The maximum absolute atomic E-state index is 12.0. The summed E-state index contributed by atoms with van der Waals surface area (Å²) in [6, 6.07) is 0. The average Bonchev–Trinajstić information content (AvgIpc) is 3.07. The van der Waals surface area contributed by atoms with E-state index in [-0.39, 0.29) is 5.91 Å². The normalized spacial score (nSPS) is 32.9. The van der Waals surface area contributed by atoms with Gasteiger partial charge in [0.1, 0.15) is 5.54 Å². The molecule has 1 saturated heterocycles. The smallest absolute Gasteiger partial charge is 0.238 e. The number of likely N-dealkylation sites (N-methyl/N-ethyl adjacent to an activating group) is 2. The molecule has 1 aliphatic carbocycles. The monoisotopic (exact) mass is 297 g/mol. The Bertz CT molecular complexity index is 344. The van der Waals surface area contributed by atoms with Crippen LogP contribution in [0.3, 0.4) is 0 Å². The van der Waals surface area contributed by atoms with Gasteiger partial charge in [-0.3, -0.25) is 4.79 Å². The summed E-state index contributed by atoms with van der Waals surface area (Å²) in [5.74, 6) is 0.190. The SMILES string of the molecule is CCNC1(C(N)=O)CCCC1CCN(C)CC1CCCO1. The van der Waals surface area contributed by atoms with Crippen molar-refractivity contribution < 1.29 is 9.53 Å². The van der Waals surface area contributed by atoms with Crippen LogP contribution in [-0.2, 0) is 9.53 Å². The quantitative estimate of drug-likeness (QED) is 0.704. The first-order valence-corrected chi connectivity index (χ1v) is 8.43. The number of amides is 1. The molecule has 0 aromatic heterocycles. The Morgan fingerprint density at radius 3 is 2.86 bits per heavy atom. The zero-order valence-electron chi connectivity index (χ0n) is 13.6. The van der Waals surface area contributed by atoms with Crippen LogP contribution in [-0.4, -0.2) is 55.7 Å². The second kappa shape index (κ2) is 7.56. The van der Waals surface area contributed by atoms with Gasteiger partial charge in [-0.05, 0) is 58.2 Å². The number of primary amides is 1. The molecule has 2 rings (SSSR count). The van der Waals surface area contributed by atoms with Crippen LogP contribution in [0.1, 0.15) is 45.4 Å². The Kier molecular flexibility index (Phi) is 6.02. The first-order valence-electron chi connectivity index (χ1n) is 8.43. The highest BCUT2D eigenvalue weighted by molar-refractivity contribution is 5.85. The van der Waals surface area contributed by atoms with Gasteiger partial charge in [-0.2, -0.15) is 0 Å². The summed E-state index contributed by atoms with van der Waals surface area (Å²) in [6.07, 6.45) is 6.87. The molecule has 5 heteroatoms. The fourth-order valence-corrected chi connectivity index (χ4v) is 4.03. The Balaban J connectivity index is 1.84. The number of carbonyl (C=O) groups is 1. The van der Waals surface area contributed by atoms with Gasteiger partial charge in [0.15, 0.2) is 0 Å². The van der Waals surface area contributed by atoms with Crippen LogP contribution in [0.25, 0.3) is 0 Å². The van der Waals surface area contributed by atoms with Crippen LogP contribution in [0.2, 0.25) is 0 Å². The molecule has 1 aliphatic heterocycles. The lowest BCUT2D eigenvalue weighted by Crippen LogP contribution is -2.58. The Morgan fingerprint density at radius 2 is 2.24 bits per heavy atom. The summed E-state index contributed by atoms with van der Waals surface area (Å²) in [4.78, 5) is 14.3. The summed E-state index contributed by atoms with van der Waals surface area (Å²) < 4.78 is 5.69. The minimum atomic E-state index is -0.473. The summed E-state index contributed by atoms with van der Waals surface area (Å²) >= 11 is 0. The van der Waals surface area contributed by atoms with Crippen LogP contribution in [0.5, 0.6) is 0 Å². The molecule has 1 saturated carbocycles. The Hall–Kier alpha value is -0.650. The number of rotatable bonds is 8. The summed E-state index contributed by atoms with van der Waals surface area (Å²) in [6.45, 7) is 5.75. The molecule has 5 nitrogen and oxygen atoms in total. The fraction of sp³-hybridized carbons (Fsp3) is 0.938. The van der Waals surface area contributed by atoms with E-state index in [0.29, 0.717) is 12.0 Å². The van der Waals surface area contributed by atoms with E-state index in [1.165, 1.54) is 12.8 Å². The highest BCUT2D eigenvalue weighted by Crippen LogP contribution is 2.38. The van der Waals surface area contributed by atoms with Crippen molar-refractivity contribution in [3.8, 4) is 0 Å². The molecule has 0 aromatic rings. The van der Waals surface area contributed by atoms with Crippen LogP contribution in [0.4, 0.5) is 0 Å². The number of nitrogens with zero attached hydrogens (tertiary/aromatic N) is 1. The first kappa shape index (κ1) is 16.7. The van der Waals surface area contributed by atoms with Crippen molar-refractivity contribution in [1.82, 2.24) is 10.2 Å². The van der Waals surface area contributed by atoms with Gasteiger partial charge >= 0.3 is 0 Å². The van der Waals surface area contributed by atoms with Crippen LogP contribution >= 0.6 is 0 Å². The molecule has 2 fully saturated rings. The third-order valence-corrected chi connectivity index (χ3v) is 5.15. The van der Waals surface area contributed by atoms with Gasteiger partial charge in [-0.1, -0.05) is 13.3 Å². The van der Waals surface area contributed by atoms with Gasteiger partial charge in [-0.25, -0.2) is 0 Å². The lowest BCUT2D eigenvalue weighted by molar-refractivity contribution is -0.126. The number of nitrogens with one attached hydrogen (secondary N) is 1. The minimum absolute atomic E-state index is 0.173. The van der Waals surface area contributed by atoms with Crippen LogP contribution in [0, 0.1) is 5.92 Å². The highest BCUT2D eigenvalue weighted by atomic mass is 16.5. The van der Waals surface area contributed by atoms with Crippen molar-refractivity contribution in [2.75, 3.05) is 33.3 Å². The predicted octanol–water partition coefficient (Wildman–Crippen LogP) is 1.12. The van der Waals surface area contributed by atoms with E-state index in [2.05, 4.69) is 17.3 Å². The molecule has 0 spiro atoms. The molecule has 3 N–H and O–H groups in total. The largest absolute Gasteiger partial charge is 0.377 e. The third-order valence-electron chi connectivity index (χ3n) is 5.15. The van der Waals surface area contributed by atoms with E-state index < -0.39 is 5.54 Å². The summed E-state index contributed by atoms with van der Waals surface area (Å²) in [5, 5.41) is 3.39. The van der Waals surface area contributed by atoms with Gasteiger partial charge in [-0.15, -0.1) is 0 Å². The van der Waals surface area contributed by atoms with Gasteiger partial charge in [0.25, 0.3) is 0 Å². The van der Waals surface area contributed by atoms with Crippen molar-refractivity contribution in [3.05, 3.63) is 0 Å². The lowest BCUT2D eigenvalue weighted by Gasteiger charge is -2.34. The van der Waals surface area contributed by atoms with Gasteiger partial charge in [0, 0.05) is 13.2 Å². The van der Waals surface area contributed by atoms with E-state index in [1.54, 1.807) is 0 Å². The molecule has 0 aromatic carbocycles. The topological polar surface area (TPSA) is 67.6 Å². The number of ether oxygens (including phenoxy) is 1. The summed E-state index contributed by atoms with van der Waals surface area (Å²) in [5.41, 5.74) is 5.24. The molecule has 0 bridgehead atoms. The fourth-order valence-electron chi connectivity index (χ4n) is 4.03.